The summed E-state index contributed by atoms with van der Waals surface area (Å²) in [5, 5.41) is 2.98. The lowest BCUT2D eigenvalue weighted by Crippen LogP contribution is -3.09. The van der Waals surface area contributed by atoms with Crippen LogP contribution in [-0.2, 0) is 11.3 Å². The minimum absolute atomic E-state index is 0.0945. The van der Waals surface area contributed by atoms with Crippen molar-refractivity contribution in [2.24, 2.45) is 0 Å². The highest BCUT2D eigenvalue weighted by Crippen LogP contribution is 2.09. The number of halogens is 1. The van der Waals surface area contributed by atoms with Crippen molar-refractivity contribution in [2.45, 2.75) is 32.9 Å². The number of rotatable bonds is 4. The van der Waals surface area contributed by atoms with Crippen LogP contribution >= 0.6 is 15.9 Å². The number of carbonyl (C=O) groups is 1. The molecular formula is C14H22BrN2O+. The van der Waals surface area contributed by atoms with Crippen LogP contribution in [0.5, 0.6) is 0 Å². The van der Waals surface area contributed by atoms with Crippen LogP contribution in [0.2, 0.25) is 0 Å². The number of carbonyl (C=O) groups excluding carboxylic acids is 1. The third kappa shape index (κ3) is 6.17. The van der Waals surface area contributed by atoms with E-state index in [1.807, 2.05) is 40.0 Å². The first-order valence-corrected chi connectivity index (χ1v) is 6.92. The predicted octanol–water partition coefficient (Wildman–Crippen LogP) is 1.38. The zero-order valence-electron chi connectivity index (χ0n) is 11.5. The molecule has 0 aromatic heterocycles. The second-order valence-corrected chi connectivity index (χ2v) is 6.65. The molecule has 0 heterocycles. The van der Waals surface area contributed by atoms with Crippen LogP contribution in [0.1, 0.15) is 26.3 Å². The average Bonchev–Trinajstić information content (AvgIpc) is 2.18. The SMILES string of the molecule is C[NH+](CC(=O)NC(C)(C)C)Cc1ccc(Br)cc1. The van der Waals surface area contributed by atoms with Crippen molar-refractivity contribution in [3.05, 3.63) is 34.3 Å². The van der Waals surface area contributed by atoms with Crippen molar-refractivity contribution >= 4 is 21.8 Å². The van der Waals surface area contributed by atoms with Gasteiger partial charge in [-0.1, -0.05) is 28.1 Å². The summed E-state index contributed by atoms with van der Waals surface area (Å²) in [4.78, 5) is 13.0. The topological polar surface area (TPSA) is 33.5 Å². The van der Waals surface area contributed by atoms with Crippen LogP contribution in [-0.4, -0.2) is 25.0 Å². The fraction of sp³-hybridized carbons (Fsp3) is 0.500. The van der Waals surface area contributed by atoms with Crippen molar-refractivity contribution in [3.8, 4) is 0 Å². The van der Waals surface area contributed by atoms with Gasteiger partial charge in [0.1, 0.15) is 6.54 Å². The molecule has 0 aliphatic rings. The molecule has 4 heteroatoms. The number of hydrogen-bond acceptors (Lipinski definition) is 1. The molecular weight excluding hydrogens is 292 g/mol. The first-order valence-electron chi connectivity index (χ1n) is 6.13. The minimum Gasteiger partial charge on any atom is -0.347 e. The van der Waals surface area contributed by atoms with Gasteiger partial charge >= 0.3 is 0 Å². The van der Waals surface area contributed by atoms with Crippen LogP contribution in [0.15, 0.2) is 28.7 Å². The fourth-order valence-corrected chi connectivity index (χ4v) is 2.01. The van der Waals surface area contributed by atoms with Gasteiger partial charge in [0, 0.05) is 15.6 Å². The second-order valence-electron chi connectivity index (χ2n) is 5.74. The summed E-state index contributed by atoms with van der Waals surface area (Å²) in [5.74, 6) is 0.0945. The van der Waals surface area contributed by atoms with Gasteiger partial charge in [0.05, 0.1) is 7.05 Å². The molecule has 0 aliphatic carbocycles. The number of nitrogens with one attached hydrogen (secondary N) is 2. The maximum atomic E-state index is 11.8. The van der Waals surface area contributed by atoms with Gasteiger partial charge in [-0.3, -0.25) is 4.79 Å². The first kappa shape index (κ1) is 15.2. The van der Waals surface area contributed by atoms with E-state index in [1.54, 1.807) is 0 Å². The Morgan fingerprint density at radius 3 is 2.33 bits per heavy atom. The Kier molecular flexibility index (Phi) is 5.35. The van der Waals surface area contributed by atoms with Gasteiger partial charge in [0.25, 0.3) is 5.91 Å². The quantitative estimate of drug-likeness (QED) is 0.865. The molecule has 1 atom stereocenters. The second kappa shape index (κ2) is 6.34. The maximum absolute atomic E-state index is 11.8. The van der Waals surface area contributed by atoms with Crippen LogP contribution in [0, 0.1) is 0 Å². The molecule has 0 spiro atoms. The van der Waals surface area contributed by atoms with Gasteiger partial charge in [-0.05, 0) is 32.9 Å². The summed E-state index contributed by atoms with van der Waals surface area (Å²) in [5.41, 5.74) is 1.08. The third-order valence-corrected chi connectivity index (χ3v) is 2.92. The highest BCUT2D eigenvalue weighted by atomic mass is 79.9. The molecule has 18 heavy (non-hydrogen) atoms. The molecule has 1 aromatic carbocycles. The highest BCUT2D eigenvalue weighted by molar-refractivity contribution is 9.10. The zero-order chi connectivity index (χ0) is 13.8. The minimum atomic E-state index is -0.158. The lowest BCUT2D eigenvalue weighted by Gasteiger charge is -2.22. The number of benzene rings is 1. The summed E-state index contributed by atoms with van der Waals surface area (Å²) < 4.78 is 1.08. The van der Waals surface area contributed by atoms with E-state index in [0.29, 0.717) is 6.54 Å². The van der Waals surface area contributed by atoms with Crippen LogP contribution in [0.3, 0.4) is 0 Å². The smallest absolute Gasteiger partial charge is 0.275 e. The Labute approximate surface area is 118 Å². The van der Waals surface area contributed by atoms with Gasteiger partial charge in [-0.15, -0.1) is 0 Å². The highest BCUT2D eigenvalue weighted by Gasteiger charge is 2.17. The number of amides is 1. The van der Waals surface area contributed by atoms with Crippen molar-refractivity contribution in [1.82, 2.24) is 5.32 Å². The molecule has 1 aromatic rings. The van der Waals surface area contributed by atoms with Crippen molar-refractivity contribution in [1.29, 1.82) is 0 Å². The van der Waals surface area contributed by atoms with E-state index in [1.165, 1.54) is 10.5 Å². The third-order valence-electron chi connectivity index (χ3n) is 2.40. The average molecular weight is 314 g/mol. The Morgan fingerprint density at radius 1 is 1.28 bits per heavy atom. The Balaban J connectivity index is 2.44. The Hall–Kier alpha value is -0.870. The largest absolute Gasteiger partial charge is 0.347 e. The van der Waals surface area contributed by atoms with Gasteiger partial charge < -0.3 is 10.2 Å². The van der Waals surface area contributed by atoms with Crippen LogP contribution in [0.4, 0.5) is 0 Å². The zero-order valence-corrected chi connectivity index (χ0v) is 13.1. The molecule has 2 N–H and O–H groups in total. The number of hydrogen-bond donors (Lipinski definition) is 2. The summed E-state index contributed by atoms with van der Waals surface area (Å²) in [6, 6.07) is 8.21. The summed E-state index contributed by atoms with van der Waals surface area (Å²) in [7, 11) is 2.03. The molecule has 1 rings (SSSR count). The maximum Gasteiger partial charge on any atom is 0.275 e. The van der Waals surface area contributed by atoms with Gasteiger partial charge in [-0.25, -0.2) is 0 Å². The molecule has 100 valence electrons. The van der Waals surface area contributed by atoms with E-state index in [0.717, 1.165) is 11.0 Å². The van der Waals surface area contributed by atoms with E-state index in [-0.39, 0.29) is 11.4 Å². The van der Waals surface area contributed by atoms with Gasteiger partial charge in [0.15, 0.2) is 6.54 Å². The van der Waals surface area contributed by atoms with Crippen molar-refractivity contribution in [3.63, 3.8) is 0 Å². The molecule has 0 fully saturated rings. The molecule has 3 nitrogen and oxygen atoms in total. The predicted molar refractivity (Wildman–Crippen MR) is 77.5 cm³/mol. The van der Waals surface area contributed by atoms with Crippen LogP contribution in [0.25, 0.3) is 0 Å². The van der Waals surface area contributed by atoms with E-state index in [9.17, 15) is 4.79 Å². The summed E-state index contributed by atoms with van der Waals surface area (Å²) >= 11 is 3.41. The standard InChI is InChI=1S/C14H21BrN2O/c1-14(2,3)16-13(18)10-17(4)9-11-5-7-12(15)8-6-11/h5-8H,9-10H2,1-4H3,(H,16,18)/p+1. The lowest BCUT2D eigenvalue weighted by atomic mass is 10.1. The van der Waals surface area contributed by atoms with E-state index < -0.39 is 0 Å². The normalized spacial score (nSPS) is 13.2. The summed E-state index contributed by atoms with van der Waals surface area (Å²) in [6.07, 6.45) is 0. The van der Waals surface area contributed by atoms with Gasteiger partial charge in [0.2, 0.25) is 0 Å². The van der Waals surface area contributed by atoms with Crippen molar-refractivity contribution < 1.29 is 9.69 Å². The van der Waals surface area contributed by atoms with E-state index >= 15 is 0 Å². The fourth-order valence-electron chi connectivity index (χ4n) is 1.75. The Morgan fingerprint density at radius 2 is 1.83 bits per heavy atom. The molecule has 0 saturated heterocycles. The Bertz CT molecular complexity index is 395. The lowest BCUT2D eigenvalue weighted by molar-refractivity contribution is -0.885. The molecule has 0 bridgehead atoms. The molecule has 0 aliphatic heterocycles. The number of quaternary nitrogens is 1. The molecule has 0 radical (unpaired) electrons. The molecule has 1 amide bonds. The van der Waals surface area contributed by atoms with Gasteiger partial charge in [-0.2, -0.15) is 0 Å². The van der Waals surface area contributed by atoms with E-state index in [2.05, 4.69) is 33.4 Å². The molecule has 0 saturated carbocycles. The van der Waals surface area contributed by atoms with E-state index in [4.69, 9.17) is 0 Å². The molecule has 1 unspecified atom stereocenters. The van der Waals surface area contributed by atoms with Crippen LogP contribution < -0.4 is 10.2 Å². The monoisotopic (exact) mass is 313 g/mol. The number of likely N-dealkylation sites (N-methyl/N-ethyl adjacent to an activating group) is 1. The first-order chi connectivity index (χ1) is 8.26. The summed E-state index contributed by atoms with van der Waals surface area (Å²) in [6.45, 7) is 7.33. The van der Waals surface area contributed by atoms with Crippen molar-refractivity contribution in [2.75, 3.05) is 13.6 Å².